The second-order valence-corrected chi connectivity index (χ2v) is 8.34. The van der Waals surface area contributed by atoms with Crippen LogP contribution >= 0.6 is 24.0 Å². The number of rotatable bonds is 8. The fourth-order valence-electron chi connectivity index (χ4n) is 4.02. The van der Waals surface area contributed by atoms with E-state index in [1.54, 1.807) is 13.2 Å². The van der Waals surface area contributed by atoms with Crippen molar-refractivity contribution in [3.05, 3.63) is 89.7 Å². The summed E-state index contributed by atoms with van der Waals surface area (Å²) >= 11 is 0. The molecule has 2 N–H and O–H groups in total. The molecule has 1 fully saturated rings. The van der Waals surface area contributed by atoms with Crippen LogP contribution in [0.2, 0.25) is 0 Å². The summed E-state index contributed by atoms with van der Waals surface area (Å²) in [7, 11) is 1.80. The van der Waals surface area contributed by atoms with E-state index in [-0.39, 0.29) is 30.0 Å². The molecule has 0 spiro atoms. The number of halogens is 1. The van der Waals surface area contributed by atoms with Gasteiger partial charge in [-0.25, -0.2) is 0 Å². The molecule has 1 aromatic heterocycles. The third kappa shape index (κ3) is 7.35. The van der Waals surface area contributed by atoms with Gasteiger partial charge in [0.25, 0.3) is 0 Å². The van der Waals surface area contributed by atoms with E-state index in [1.165, 1.54) is 24.1 Å². The van der Waals surface area contributed by atoms with Gasteiger partial charge >= 0.3 is 0 Å². The van der Waals surface area contributed by atoms with E-state index in [0.717, 1.165) is 36.1 Å². The number of hydrogen-bond acceptors (Lipinski definition) is 4. The van der Waals surface area contributed by atoms with Crippen molar-refractivity contribution in [2.24, 2.45) is 4.99 Å². The van der Waals surface area contributed by atoms with E-state index < -0.39 is 0 Å². The monoisotopic (exact) mass is 571 g/mol. The Kier molecular flexibility index (Phi) is 10.00. The van der Waals surface area contributed by atoms with E-state index in [9.17, 15) is 0 Å². The molecule has 180 valence electrons. The molecule has 3 aromatic rings. The van der Waals surface area contributed by atoms with Gasteiger partial charge in [0, 0.05) is 38.6 Å². The van der Waals surface area contributed by atoms with Crippen molar-refractivity contribution in [3.8, 4) is 5.75 Å². The number of anilines is 1. The third-order valence-electron chi connectivity index (χ3n) is 5.89. The normalized spacial score (nSPS) is 14.3. The number of hydrogen-bond donors (Lipinski definition) is 2. The molecule has 2 heterocycles. The van der Waals surface area contributed by atoms with E-state index in [2.05, 4.69) is 62.8 Å². The van der Waals surface area contributed by atoms with E-state index in [4.69, 9.17) is 4.74 Å². The molecule has 7 heteroatoms. The molecule has 0 aliphatic carbocycles. The van der Waals surface area contributed by atoms with Gasteiger partial charge in [-0.3, -0.25) is 9.98 Å². The SMILES string of the molecule is CN=C(NCc1cccc(OCc2ccccn2)c1)NC(C)c1cccc(N2CCCC2)c1.I. The summed E-state index contributed by atoms with van der Waals surface area (Å²) in [5, 5.41) is 6.93. The number of aromatic nitrogens is 1. The molecule has 1 unspecified atom stereocenters. The highest BCUT2D eigenvalue weighted by Crippen LogP contribution is 2.24. The minimum absolute atomic E-state index is 0. The number of aliphatic imine (C=N–C) groups is 1. The first kappa shape index (κ1) is 25.8. The second-order valence-electron chi connectivity index (χ2n) is 8.34. The van der Waals surface area contributed by atoms with Crippen LogP contribution in [0.3, 0.4) is 0 Å². The van der Waals surface area contributed by atoms with Crippen LogP contribution in [0.25, 0.3) is 0 Å². The van der Waals surface area contributed by atoms with Crippen molar-refractivity contribution in [2.75, 3.05) is 25.0 Å². The van der Waals surface area contributed by atoms with Gasteiger partial charge in [-0.2, -0.15) is 0 Å². The summed E-state index contributed by atoms with van der Waals surface area (Å²) in [6, 6.07) is 22.9. The lowest BCUT2D eigenvalue weighted by molar-refractivity contribution is 0.301. The summed E-state index contributed by atoms with van der Waals surface area (Å²) in [5.41, 5.74) is 4.60. The van der Waals surface area contributed by atoms with Crippen molar-refractivity contribution in [1.29, 1.82) is 0 Å². The molecule has 4 rings (SSSR count). The molecule has 0 amide bonds. The van der Waals surface area contributed by atoms with Crippen molar-refractivity contribution in [2.45, 2.75) is 39.0 Å². The first-order valence-corrected chi connectivity index (χ1v) is 11.6. The molecule has 0 bridgehead atoms. The van der Waals surface area contributed by atoms with Gasteiger partial charge in [0.1, 0.15) is 12.4 Å². The Bertz CT molecular complexity index is 1050. The van der Waals surface area contributed by atoms with Crippen LogP contribution < -0.4 is 20.3 Å². The zero-order valence-corrected chi connectivity index (χ0v) is 22.2. The molecule has 0 radical (unpaired) electrons. The third-order valence-corrected chi connectivity index (χ3v) is 5.89. The quantitative estimate of drug-likeness (QED) is 0.218. The van der Waals surface area contributed by atoms with Crippen molar-refractivity contribution in [1.82, 2.24) is 15.6 Å². The van der Waals surface area contributed by atoms with Crippen molar-refractivity contribution < 1.29 is 4.74 Å². The lowest BCUT2D eigenvalue weighted by Crippen LogP contribution is -2.38. The van der Waals surface area contributed by atoms with Crippen LogP contribution in [-0.2, 0) is 13.2 Å². The fourth-order valence-corrected chi connectivity index (χ4v) is 4.02. The average molecular weight is 572 g/mol. The fraction of sp³-hybridized carbons (Fsp3) is 0.333. The smallest absolute Gasteiger partial charge is 0.191 e. The Morgan fingerprint density at radius 1 is 1.06 bits per heavy atom. The summed E-state index contributed by atoms with van der Waals surface area (Å²) in [6.45, 7) is 5.58. The van der Waals surface area contributed by atoms with Crippen molar-refractivity contribution >= 4 is 35.6 Å². The van der Waals surface area contributed by atoms with Gasteiger partial charge in [0.2, 0.25) is 0 Å². The number of ether oxygens (including phenoxy) is 1. The Morgan fingerprint density at radius 3 is 2.65 bits per heavy atom. The first-order chi connectivity index (χ1) is 16.2. The van der Waals surface area contributed by atoms with Crippen LogP contribution in [0.4, 0.5) is 5.69 Å². The minimum atomic E-state index is 0. The predicted octanol–water partition coefficient (Wildman–Crippen LogP) is 5.31. The molecular formula is C27H34IN5O. The summed E-state index contributed by atoms with van der Waals surface area (Å²) in [6.07, 6.45) is 4.34. The summed E-state index contributed by atoms with van der Waals surface area (Å²) < 4.78 is 5.90. The maximum absolute atomic E-state index is 5.90. The van der Waals surface area contributed by atoms with Crippen LogP contribution in [-0.4, -0.2) is 31.1 Å². The number of nitrogens with one attached hydrogen (secondary N) is 2. The highest BCUT2D eigenvalue weighted by molar-refractivity contribution is 14.0. The molecule has 2 aromatic carbocycles. The van der Waals surface area contributed by atoms with Gasteiger partial charge < -0.3 is 20.3 Å². The van der Waals surface area contributed by atoms with Gasteiger partial charge in [0.15, 0.2) is 5.96 Å². The average Bonchev–Trinajstić information content (AvgIpc) is 3.41. The van der Waals surface area contributed by atoms with Gasteiger partial charge in [-0.05, 0) is 67.3 Å². The molecule has 0 saturated carbocycles. The molecule has 34 heavy (non-hydrogen) atoms. The Hall–Kier alpha value is -2.81. The molecule has 6 nitrogen and oxygen atoms in total. The molecule has 1 saturated heterocycles. The van der Waals surface area contributed by atoms with E-state index in [1.807, 2.05) is 36.4 Å². The van der Waals surface area contributed by atoms with Gasteiger partial charge in [-0.15, -0.1) is 24.0 Å². The Labute approximate surface area is 219 Å². The molecule has 1 aliphatic heterocycles. The number of guanidine groups is 1. The Morgan fingerprint density at radius 2 is 1.88 bits per heavy atom. The van der Waals surface area contributed by atoms with E-state index in [0.29, 0.717) is 13.2 Å². The zero-order valence-electron chi connectivity index (χ0n) is 19.9. The number of nitrogens with zero attached hydrogens (tertiary/aromatic N) is 3. The largest absolute Gasteiger partial charge is 0.487 e. The summed E-state index contributed by atoms with van der Waals surface area (Å²) in [4.78, 5) is 11.2. The lowest BCUT2D eigenvalue weighted by atomic mass is 10.1. The maximum Gasteiger partial charge on any atom is 0.191 e. The number of pyridine rings is 1. The summed E-state index contributed by atoms with van der Waals surface area (Å²) in [5.74, 6) is 1.60. The lowest BCUT2D eigenvalue weighted by Gasteiger charge is -2.22. The Balaban J connectivity index is 0.00000324. The van der Waals surface area contributed by atoms with E-state index >= 15 is 0 Å². The van der Waals surface area contributed by atoms with Gasteiger partial charge in [-0.1, -0.05) is 30.3 Å². The van der Waals surface area contributed by atoms with Crippen LogP contribution in [0.5, 0.6) is 5.75 Å². The zero-order chi connectivity index (χ0) is 22.9. The minimum Gasteiger partial charge on any atom is -0.487 e. The van der Waals surface area contributed by atoms with Crippen molar-refractivity contribution in [3.63, 3.8) is 0 Å². The number of benzene rings is 2. The standard InChI is InChI=1S/C27H33N5O.HI/c1-21(23-10-8-12-25(18-23)32-15-5-6-16-32)31-27(28-2)30-19-22-9-7-13-26(17-22)33-20-24-11-3-4-14-29-24;/h3-4,7-14,17-18,21H,5-6,15-16,19-20H2,1-2H3,(H2,28,30,31);1H. The second kappa shape index (κ2) is 13.2. The molecular weight excluding hydrogens is 537 g/mol. The topological polar surface area (TPSA) is 61.8 Å². The predicted molar refractivity (Wildman–Crippen MR) is 150 cm³/mol. The van der Waals surface area contributed by atoms with Crippen LogP contribution in [0.1, 0.15) is 42.6 Å². The highest BCUT2D eigenvalue weighted by atomic mass is 127. The maximum atomic E-state index is 5.90. The molecule has 1 atom stereocenters. The van der Waals surface area contributed by atoms with Gasteiger partial charge in [0.05, 0.1) is 11.7 Å². The van der Waals surface area contributed by atoms with Crippen LogP contribution in [0, 0.1) is 0 Å². The molecule has 1 aliphatic rings. The van der Waals surface area contributed by atoms with Crippen LogP contribution in [0.15, 0.2) is 77.9 Å². The first-order valence-electron chi connectivity index (χ1n) is 11.6. The highest BCUT2D eigenvalue weighted by Gasteiger charge is 2.14.